The van der Waals surface area contributed by atoms with E-state index in [9.17, 15) is 9.59 Å². The Bertz CT molecular complexity index is 1040. The second-order valence-electron chi connectivity index (χ2n) is 6.59. The maximum Gasteiger partial charge on any atom is 0.277 e. The molecule has 0 unspecified atom stereocenters. The highest BCUT2D eigenvalue weighted by Gasteiger charge is 2.22. The number of carbonyl (C=O) groups is 2. The van der Waals surface area contributed by atoms with Crippen molar-refractivity contribution in [2.24, 2.45) is 0 Å². The van der Waals surface area contributed by atoms with Crippen molar-refractivity contribution in [2.75, 3.05) is 12.9 Å². The van der Waals surface area contributed by atoms with Crippen LogP contribution in [0.25, 0.3) is 0 Å². The normalized spacial score (nSPS) is 10.9. The molecular formula is C21H23N3O4S. The number of nitrogens with zero attached hydrogens (tertiary/aromatic N) is 2. The molecule has 0 saturated heterocycles. The fourth-order valence-electron chi connectivity index (χ4n) is 3.27. The first-order valence-electron chi connectivity index (χ1n) is 9.26. The zero-order chi connectivity index (χ0) is 21.0. The molecule has 0 saturated carbocycles. The zero-order valence-electron chi connectivity index (χ0n) is 16.9. The molecule has 0 amide bonds. The fraction of sp³-hybridized carbons (Fsp3) is 0.333. The number of carbonyl (C=O) groups excluding carboxylic acids is 2. The van der Waals surface area contributed by atoms with Gasteiger partial charge in [0.25, 0.3) is 5.22 Å². The number of methoxy groups -OCH3 is 1. The van der Waals surface area contributed by atoms with Gasteiger partial charge in [-0.1, -0.05) is 30.8 Å². The van der Waals surface area contributed by atoms with Crippen molar-refractivity contribution in [1.82, 2.24) is 15.2 Å². The quantitative estimate of drug-likeness (QED) is 0.417. The van der Waals surface area contributed by atoms with E-state index in [1.54, 1.807) is 7.11 Å². The molecule has 0 radical (unpaired) electrons. The van der Waals surface area contributed by atoms with E-state index in [1.807, 2.05) is 38.1 Å². The molecule has 0 aliphatic heterocycles. The Hall–Kier alpha value is -2.87. The number of benzene rings is 1. The zero-order valence-corrected chi connectivity index (χ0v) is 17.7. The SMILES string of the molecule is CCc1c(C(=O)CSc2nnc(Cc3cccc(OC)c3)o2)[nH]c(C)c1C(C)=O. The van der Waals surface area contributed by atoms with Crippen molar-refractivity contribution in [3.8, 4) is 5.75 Å². The number of hydrogen-bond donors (Lipinski definition) is 1. The standard InChI is InChI=1S/C21H23N3O4S/c1-5-16-19(13(3)25)12(2)22-20(16)17(26)11-29-21-24-23-18(28-21)10-14-7-6-8-15(9-14)27-4/h6-9,22H,5,10-11H2,1-4H3. The second-order valence-corrected chi connectivity index (χ2v) is 7.52. The maximum absolute atomic E-state index is 12.7. The molecule has 8 heteroatoms. The van der Waals surface area contributed by atoms with Crippen LogP contribution in [0.3, 0.4) is 0 Å². The van der Waals surface area contributed by atoms with Crippen molar-refractivity contribution in [2.45, 2.75) is 38.8 Å². The molecule has 1 aromatic carbocycles. The number of rotatable bonds is 9. The third-order valence-electron chi connectivity index (χ3n) is 4.54. The van der Waals surface area contributed by atoms with Crippen LogP contribution < -0.4 is 4.74 Å². The molecule has 2 aromatic heterocycles. The molecular weight excluding hydrogens is 390 g/mol. The van der Waals surface area contributed by atoms with E-state index in [0.29, 0.717) is 35.2 Å². The van der Waals surface area contributed by atoms with Gasteiger partial charge in [-0.15, -0.1) is 10.2 Å². The molecule has 2 heterocycles. The van der Waals surface area contributed by atoms with Gasteiger partial charge in [-0.3, -0.25) is 9.59 Å². The summed E-state index contributed by atoms with van der Waals surface area (Å²) in [5.41, 5.74) is 3.58. The Labute approximate surface area is 173 Å². The lowest BCUT2D eigenvalue weighted by molar-refractivity contribution is 0.101. The minimum atomic E-state index is -0.102. The van der Waals surface area contributed by atoms with Gasteiger partial charge in [0.05, 0.1) is 25.0 Å². The molecule has 29 heavy (non-hydrogen) atoms. The largest absolute Gasteiger partial charge is 0.497 e. The van der Waals surface area contributed by atoms with Crippen molar-refractivity contribution < 1.29 is 18.7 Å². The summed E-state index contributed by atoms with van der Waals surface area (Å²) < 4.78 is 10.9. The van der Waals surface area contributed by atoms with Crippen LogP contribution in [0.15, 0.2) is 33.9 Å². The number of ketones is 2. The molecule has 0 aliphatic carbocycles. The third-order valence-corrected chi connectivity index (χ3v) is 5.36. The number of aromatic amines is 1. The first-order chi connectivity index (χ1) is 13.9. The van der Waals surface area contributed by atoms with Gasteiger partial charge in [-0.2, -0.15) is 0 Å². The number of thioether (sulfide) groups is 1. The Morgan fingerprint density at radius 2 is 2.07 bits per heavy atom. The van der Waals surface area contributed by atoms with E-state index >= 15 is 0 Å². The number of ether oxygens (including phenoxy) is 1. The number of H-pyrrole nitrogens is 1. The molecule has 3 rings (SSSR count). The Morgan fingerprint density at radius 1 is 1.28 bits per heavy atom. The lowest BCUT2D eigenvalue weighted by Crippen LogP contribution is -2.07. The van der Waals surface area contributed by atoms with Crippen molar-refractivity contribution in [3.05, 3.63) is 58.2 Å². The van der Waals surface area contributed by atoms with E-state index in [4.69, 9.17) is 9.15 Å². The number of Topliss-reactive ketones (excluding diaryl/α,β-unsaturated/α-hetero) is 2. The molecule has 0 spiro atoms. The van der Waals surface area contributed by atoms with Gasteiger partial charge in [-0.05, 0) is 43.5 Å². The molecule has 0 bridgehead atoms. The topological polar surface area (TPSA) is 98.1 Å². The molecule has 3 aromatic rings. The Kier molecular flexibility index (Phi) is 6.53. The molecule has 0 aliphatic rings. The summed E-state index contributed by atoms with van der Waals surface area (Å²) in [5, 5.41) is 8.40. The van der Waals surface area contributed by atoms with Gasteiger partial charge in [0.15, 0.2) is 11.6 Å². The van der Waals surface area contributed by atoms with Crippen LogP contribution in [-0.2, 0) is 12.8 Å². The van der Waals surface area contributed by atoms with Crippen LogP contribution >= 0.6 is 11.8 Å². The van der Waals surface area contributed by atoms with Crippen LogP contribution in [0.2, 0.25) is 0 Å². The maximum atomic E-state index is 12.7. The summed E-state index contributed by atoms with van der Waals surface area (Å²) in [4.78, 5) is 27.6. The lowest BCUT2D eigenvalue weighted by Gasteiger charge is -2.02. The predicted octanol–water partition coefficient (Wildman–Crippen LogP) is 4.05. The van der Waals surface area contributed by atoms with Crippen LogP contribution in [0.1, 0.15) is 57.4 Å². The number of hydrogen-bond acceptors (Lipinski definition) is 7. The van der Waals surface area contributed by atoms with Crippen LogP contribution in [0.4, 0.5) is 0 Å². The van der Waals surface area contributed by atoms with Gasteiger partial charge in [0.1, 0.15) is 5.75 Å². The second kappa shape index (κ2) is 9.09. The first-order valence-corrected chi connectivity index (χ1v) is 10.2. The van der Waals surface area contributed by atoms with Crippen molar-refractivity contribution >= 4 is 23.3 Å². The summed E-state index contributed by atoms with van der Waals surface area (Å²) in [6.07, 6.45) is 1.09. The Morgan fingerprint density at radius 3 is 2.76 bits per heavy atom. The minimum Gasteiger partial charge on any atom is -0.497 e. The Balaban J connectivity index is 1.66. The van der Waals surface area contributed by atoms with E-state index in [2.05, 4.69) is 15.2 Å². The van der Waals surface area contributed by atoms with Gasteiger partial charge >= 0.3 is 0 Å². The van der Waals surface area contributed by atoms with Crippen LogP contribution in [0.5, 0.6) is 5.75 Å². The van der Waals surface area contributed by atoms with Gasteiger partial charge in [-0.25, -0.2) is 0 Å². The number of nitrogens with one attached hydrogen (secondary N) is 1. The summed E-state index contributed by atoms with van der Waals surface area (Å²) in [6, 6.07) is 7.63. The molecule has 7 nitrogen and oxygen atoms in total. The third kappa shape index (κ3) is 4.76. The summed E-state index contributed by atoms with van der Waals surface area (Å²) >= 11 is 1.19. The smallest absolute Gasteiger partial charge is 0.277 e. The highest BCUT2D eigenvalue weighted by Crippen LogP contribution is 2.24. The fourth-order valence-corrected chi connectivity index (χ4v) is 3.92. The van der Waals surface area contributed by atoms with Gasteiger partial charge in [0, 0.05) is 11.3 Å². The van der Waals surface area contributed by atoms with Crippen LogP contribution in [0, 0.1) is 6.92 Å². The van der Waals surface area contributed by atoms with E-state index in [-0.39, 0.29) is 17.3 Å². The number of aromatic nitrogens is 3. The highest BCUT2D eigenvalue weighted by atomic mass is 32.2. The van der Waals surface area contributed by atoms with Gasteiger partial charge in [0.2, 0.25) is 5.89 Å². The van der Waals surface area contributed by atoms with Crippen molar-refractivity contribution in [1.29, 1.82) is 0 Å². The monoisotopic (exact) mass is 413 g/mol. The lowest BCUT2D eigenvalue weighted by atomic mass is 10.0. The molecule has 0 atom stereocenters. The first kappa shape index (κ1) is 20.9. The van der Waals surface area contributed by atoms with Gasteiger partial charge < -0.3 is 14.1 Å². The summed E-state index contributed by atoms with van der Waals surface area (Å²) in [6.45, 7) is 5.26. The van der Waals surface area contributed by atoms with Crippen LogP contribution in [-0.4, -0.2) is 39.6 Å². The summed E-state index contributed by atoms with van der Waals surface area (Å²) in [7, 11) is 1.62. The molecule has 152 valence electrons. The average molecular weight is 413 g/mol. The highest BCUT2D eigenvalue weighted by molar-refractivity contribution is 7.99. The average Bonchev–Trinajstić information content (AvgIpc) is 3.29. The van der Waals surface area contributed by atoms with E-state index in [0.717, 1.165) is 22.6 Å². The predicted molar refractivity (Wildman–Crippen MR) is 110 cm³/mol. The summed E-state index contributed by atoms with van der Waals surface area (Å²) in [5.74, 6) is 1.24. The number of aryl methyl sites for hydroxylation is 1. The van der Waals surface area contributed by atoms with Crippen molar-refractivity contribution in [3.63, 3.8) is 0 Å². The minimum absolute atomic E-state index is 0.0404. The van der Waals surface area contributed by atoms with E-state index < -0.39 is 0 Å². The molecule has 0 fully saturated rings. The van der Waals surface area contributed by atoms with E-state index in [1.165, 1.54) is 18.7 Å². The molecule has 1 N–H and O–H groups in total.